The van der Waals surface area contributed by atoms with Gasteiger partial charge >= 0.3 is 11.9 Å². The molecule has 1 amide bonds. The fourth-order valence-electron chi connectivity index (χ4n) is 4.70. The van der Waals surface area contributed by atoms with Gasteiger partial charge in [0, 0.05) is 9.13 Å². The second-order valence-electron chi connectivity index (χ2n) is 9.82. The normalized spacial score (nSPS) is 15.9. The molecule has 4 aromatic rings. The molecule has 0 saturated carbocycles. The maximum Gasteiger partial charge on any atom is 0.350 e. The number of aliphatic hydroxyl groups is 1. The first kappa shape index (κ1) is 30.2. The lowest BCUT2D eigenvalue weighted by molar-refractivity contribution is -0.132. The summed E-state index contributed by atoms with van der Waals surface area (Å²) < 4.78 is 12.0. The lowest BCUT2D eigenvalue weighted by Gasteiger charge is -2.23. The van der Waals surface area contributed by atoms with Crippen molar-refractivity contribution in [3.05, 3.63) is 127 Å². The molecule has 1 N–H and O–H groups in total. The Labute approximate surface area is 266 Å². The summed E-state index contributed by atoms with van der Waals surface area (Å²) in [5.41, 5.74) is 3.39. The molecule has 3 aromatic carbocycles. The summed E-state index contributed by atoms with van der Waals surface area (Å²) in [6.45, 7) is 7.59. The lowest BCUT2D eigenvalue weighted by Crippen LogP contribution is -2.29. The number of aliphatic hydroxyl groups excluding tert-OH is 1. The minimum Gasteiger partial charge on any atom is -0.507 e. The van der Waals surface area contributed by atoms with Gasteiger partial charge in [0.2, 0.25) is 0 Å². The van der Waals surface area contributed by atoms with E-state index in [9.17, 15) is 19.5 Å². The molecule has 43 heavy (non-hydrogen) atoms. The number of anilines is 1. The van der Waals surface area contributed by atoms with E-state index in [0.717, 1.165) is 26.0 Å². The number of benzene rings is 3. The molecule has 0 radical (unpaired) electrons. The highest BCUT2D eigenvalue weighted by Gasteiger charge is 2.48. The predicted octanol–water partition coefficient (Wildman–Crippen LogP) is 6.91. The number of hydrogen-bond donors (Lipinski definition) is 1. The highest BCUT2D eigenvalue weighted by molar-refractivity contribution is 14.1. The molecule has 1 unspecified atom stereocenters. The summed E-state index contributed by atoms with van der Waals surface area (Å²) >= 11 is 3.11. The van der Waals surface area contributed by atoms with Crippen molar-refractivity contribution >= 4 is 62.5 Å². The number of aryl methyl sites for hydroxylation is 2. The van der Waals surface area contributed by atoms with Gasteiger partial charge in [-0.1, -0.05) is 66.0 Å². The monoisotopic (exact) mass is 706 g/mol. The highest BCUT2D eigenvalue weighted by atomic mass is 127. The average Bonchev–Trinajstić information content (AvgIpc) is 3.51. The molecule has 10 heteroatoms. The Morgan fingerprint density at radius 1 is 1.09 bits per heavy atom. The molecule has 0 bridgehead atoms. The third-order valence-electron chi connectivity index (χ3n) is 6.75. The number of carbonyl (C=O) groups is 3. The second kappa shape index (κ2) is 12.9. The van der Waals surface area contributed by atoms with Crippen LogP contribution in [-0.4, -0.2) is 34.4 Å². The number of thiazole rings is 1. The molecule has 1 atom stereocenters. The molecule has 5 rings (SSSR count). The van der Waals surface area contributed by atoms with E-state index in [0.29, 0.717) is 29.2 Å². The SMILES string of the molecule is C=CCOC(=O)c1sc(N2C(=O)C(=O)C(=C(O)c3ccc(OCc4cccc(C)c4)cc3)C2c2ccc(I)cc2)nc1C. The molecule has 1 aliphatic rings. The van der Waals surface area contributed by atoms with Gasteiger partial charge in [0.25, 0.3) is 5.78 Å². The number of halogens is 1. The fourth-order valence-corrected chi connectivity index (χ4v) is 6.05. The Hall–Kier alpha value is -4.29. The van der Waals surface area contributed by atoms with E-state index >= 15 is 0 Å². The van der Waals surface area contributed by atoms with E-state index in [1.54, 1.807) is 43.3 Å². The largest absolute Gasteiger partial charge is 0.507 e. The van der Waals surface area contributed by atoms with E-state index in [2.05, 4.69) is 34.2 Å². The summed E-state index contributed by atoms with van der Waals surface area (Å²) in [5.74, 6) is -2.06. The van der Waals surface area contributed by atoms with Crippen LogP contribution in [0.1, 0.15) is 43.7 Å². The van der Waals surface area contributed by atoms with Crippen LogP contribution in [0.5, 0.6) is 5.75 Å². The second-order valence-corrected chi connectivity index (χ2v) is 12.0. The van der Waals surface area contributed by atoms with Crippen LogP contribution in [0.25, 0.3) is 5.76 Å². The molecule has 8 nitrogen and oxygen atoms in total. The van der Waals surface area contributed by atoms with Crippen LogP contribution in [0.3, 0.4) is 0 Å². The number of amides is 1. The zero-order chi connectivity index (χ0) is 30.7. The molecule has 0 aliphatic carbocycles. The van der Waals surface area contributed by atoms with Gasteiger partial charge in [-0.05, 0) is 84.0 Å². The molecule has 1 aliphatic heterocycles. The number of hydrogen-bond acceptors (Lipinski definition) is 8. The van der Waals surface area contributed by atoms with Crippen molar-refractivity contribution in [3.63, 3.8) is 0 Å². The van der Waals surface area contributed by atoms with Crippen molar-refractivity contribution < 1.29 is 29.0 Å². The van der Waals surface area contributed by atoms with Gasteiger partial charge in [-0.3, -0.25) is 14.5 Å². The maximum atomic E-state index is 13.5. The number of nitrogens with zero attached hydrogens (tertiary/aromatic N) is 2. The minimum absolute atomic E-state index is 0.0222. The first-order valence-electron chi connectivity index (χ1n) is 13.3. The number of esters is 1. The average molecular weight is 707 g/mol. The number of rotatable bonds is 9. The van der Waals surface area contributed by atoms with Gasteiger partial charge < -0.3 is 14.6 Å². The van der Waals surface area contributed by atoms with E-state index in [1.165, 1.54) is 11.0 Å². The van der Waals surface area contributed by atoms with Gasteiger partial charge in [-0.25, -0.2) is 9.78 Å². The Kier molecular flexibility index (Phi) is 9.07. The maximum absolute atomic E-state index is 13.5. The quantitative estimate of drug-likeness (QED) is 0.0504. The van der Waals surface area contributed by atoms with Crippen LogP contribution in [0.15, 0.2) is 91.0 Å². The number of Topliss-reactive ketones (excluding diaryl/α,β-unsaturated/α-hetero) is 1. The summed E-state index contributed by atoms with van der Waals surface area (Å²) in [6, 6.07) is 21.0. The minimum atomic E-state index is -0.975. The standard InChI is InChI=1S/C33H27IN2O6S/c1-4-16-41-32(40)30-20(3)35-33(43-30)36-27(22-8-12-24(34)13-9-22)26(29(38)31(36)39)28(37)23-10-14-25(15-11-23)42-18-21-7-5-6-19(2)17-21/h4-15,17,27,37H,1,16,18H2,2-3H3. The molecule has 1 fully saturated rings. The third-order valence-corrected chi connectivity index (χ3v) is 8.61. The van der Waals surface area contributed by atoms with E-state index in [4.69, 9.17) is 9.47 Å². The molecule has 218 valence electrons. The zero-order valence-electron chi connectivity index (χ0n) is 23.4. The first-order chi connectivity index (χ1) is 20.7. The number of carbonyl (C=O) groups excluding carboxylic acids is 3. The van der Waals surface area contributed by atoms with Crippen molar-refractivity contribution in [2.45, 2.75) is 26.5 Å². The van der Waals surface area contributed by atoms with Gasteiger partial charge in [0.05, 0.1) is 17.3 Å². The van der Waals surface area contributed by atoms with Crippen LogP contribution in [-0.2, 0) is 20.9 Å². The highest BCUT2D eigenvalue weighted by Crippen LogP contribution is 2.44. The van der Waals surface area contributed by atoms with Gasteiger partial charge in [-0.15, -0.1) is 0 Å². The molecule has 2 heterocycles. The van der Waals surface area contributed by atoms with Crippen molar-refractivity contribution in [1.29, 1.82) is 0 Å². The molecule has 1 saturated heterocycles. The van der Waals surface area contributed by atoms with Gasteiger partial charge in [0.1, 0.15) is 29.6 Å². The lowest BCUT2D eigenvalue weighted by atomic mass is 9.95. The molecule has 0 spiro atoms. The predicted molar refractivity (Wildman–Crippen MR) is 173 cm³/mol. The Morgan fingerprint density at radius 3 is 2.49 bits per heavy atom. The topological polar surface area (TPSA) is 106 Å². The smallest absolute Gasteiger partial charge is 0.350 e. The van der Waals surface area contributed by atoms with Gasteiger partial charge in [-0.2, -0.15) is 0 Å². The van der Waals surface area contributed by atoms with E-state index in [1.807, 2.05) is 43.3 Å². The third kappa shape index (κ3) is 6.40. The Balaban J connectivity index is 1.51. The number of aromatic nitrogens is 1. The number of ketones is 1. The summed E-state index contributed by atoms with van der Waals surface area (Å²) in [7, 11) is 0. The van der Waals surface area contributed by atoms with Gasteiger partial charge in [0.15, 0.2) is 5.13 Å². The van der Waals surface area contributed by atoms with Crippen molar-refractivity contribution in [1.82, 2.24) is 4.98 Å². The molecular weight excluding hydrogens is 679 g/mol. The zero-order valence-corrected chi connectivity index (χ0v) is 26.3. The fraction of sp³-hybridized carbons (Fsp3) is 0.152. The van der Waals surface area contributed by atoms with Crippen LogP contribution < -0.4 is 9.64 Å². The van der Waals surface area contributed by atoms with Crippen molar-refractivity contribution in [2.24, 2.45) is 0 Å². The van der Waals surface area contributed by atoms with Crippen LogP contribution in [0, 0.1) is 17.4 Å². The summed E-state index contributed by atoms with van der Waals surface area (Å²) in [5, 5.41) is 11.6. The Morgan fingerprint density at radius 2 is 1.81 bits per heavy atom. The van der Waals surface area contributed by atoms with Crippen molar-refractivity contribution in [3.8, 4) is 5.75 Å². The van der Waals surface area contributed by atoms with Crippen LogP contribution in [0.4, 0.5) is 5.13 Å². The van der Waals surface area contributed by atoms with Crippen LogP contribution >= 0.6 is 33.9 Å². The van der Waals surface area contributed by atoms with E-state index < -0.39 is 23.7 Å². The molecular formula is C33H27IN2O6S. The van der Waals surface area contributed by atoms with E-state index in [-0.39, 0.29) is 27.9 Å². The number of ether oxygens (including phenoxy) is 2. The summed E-state index contributed by atoms with van der Waals surface area (Å²) in [4.78, 5) is 45.5. The Bertz CT molecular complexity index is 1740. The van der Waals surface area contributed by atoms with Crippen molar-refractivity contribution in [2.75, 3.05) is 11.5 Å². The molecule has 1 aromatic heterocycles. The first-order valence-corrected chi connectivity index (χ1v) is 15.2. The summed E-state index contributed by atoms with van der Waals surface area (Å²) in [6.07, 6.45) is 1.45. The van der Waals surface area contributed by atoms with Crippen LogP contribution in [0.2, 0.25) is 0 Å².